The molecule has 0 saturated carbocycles. The Kier molecular flexibility index (Phi) is 45.0. The molecule has 352 valence electrons. The van der Waals surface area contributed by atoms with Gasteiger partial charge in [-0.15, -0.1) is 0 Å². The molecule has 0 aliphatic rings. The van der Waals surface area contributed by atoms with Crippen molar-refractivity contribution < 1.29 is 37.9 Å². The Morgan fingerprint density at radius 2 is 0.885 bits per heavy atom. The Labute approximate surface area is 373 Å². The van der Waals surface area contributed by atoms with Gasteiger partial charge in [0, 0.05) is 19.4 Å². The molecule has 0 radical (unpaired) electrons. The number of aliphatic hydroxyl groups is 1. The van der Waals surface area contributed by atoms with Gasteiger partial charge in [-0.25, -0.2) is 4.57 Å². The molecule has 61 heavy (non-hydrogen) atoms. The standard InChI is InChI=1S/C51H90NO8P/c1-3-5-7-9-11-13-15-17-19-21-22-23-24-25-26-28-30-32-34-36-38-40-42-44-51(55)58-47-49(53)48-60-61(56,57)59-46-45-52-50(54)43-41-39-37-35-33-31-29-27-20-18-16-14-12-10-8-6-4-2/h11-14,17-20,22-23,25-26,49,53H,3-10,15-16,21,24,27-48H2,1-2H3,(H,52,54)(H,56,57)/b13-11-,14-12-,19-17-,20-18-,23-22-,26-25-. The van der Waals surface area contributed by atoms with Crippen LogP contribution >= 0.6 is 7.82 Å². The summed E-state index contributed by atoms with van der Waals surface area (Å²) in [6.45, 7) is 3.48. The predicted molar refractivity (Wildman–Crippen MR) is 256 cm³/mol. The van der Waals surface area contributed by atoms with Crippen molar-refractivity contribution in [2.24, 2.45) is 0 Å². The lowest BCUT2D eigenvalue weighted by Crippen LogP contribution is -2.27. The van der Waals surface area contributed by atoms with Gasteiger partial charge in [0.15, 0.2) is 0 Å². The number of nitrogens with one attached hydrogen (secondary N) is 1. The number of carbonyl (C=O) groups is 2. The van der Waals surface area contributed by atoms with E-state index in [1.165, 1.54) is 96.3 Å². The number of carbonyl (C=O) groups excluding carboxylic acids is 2. The molecule has 2 unspecified atom stereocenters. The van der Waals surface area contributed by atoms with E-state index in [0.29, 0.717) is 6.42 Å². The van der Waals surface area contributed by atoms with Gasteiger partial charge in [0.25, 0.3) is 0 Å². The van der Waals surface area contributed by atoms with Gasteiger partial charge >= 0.3 is 13.8 Å². The second kappa shape index (κ2) is 46.9. The number of esters is 1. The van der Waals surface area contributed by atoms with Crippen LogP contribution in [0.5, 0.6) is 0 Å². The lowest BCUT2D eigenvalue weighted by atomic mass is 10.1. The first kappa shape index (κ1) is 58.5. The van der Waals surface area contributed by atoms with Crippen molar-refractivity contribution in [3.8, 4) is 0 Å². The molecule has 3 N–H and O–H groups in total. The third kappa shape index (κ3) is 48.3. The first-order chi connectivity index (χ1) is 29.8. The number of hydrogen-bond donors (Lipinski definition) is 3. The number of phosphoric ester groups is 1. The summed E-state index contributed by atoms with van der Waals surface area (Å²) in [5, 5.41) is 12.7. The smallest absolute Gasteiger partial charge is 0.463 e. The van der Waals surface area contributed by atoms with Crippen molar-refractivity contribution in [3.05, 3.63) is 72.9 Å². The molecule has 9 nitrogen and oxygen atoms in total. The largest absolute Gasteiger partial charge is 0.472 e. The summed E-state index contributed by atoms with van der Waals surface area (Å²) in [7, 11) is -4.43. The molecule has 0 aromatic heterocycles. The minimum absolute atomic E-state index is 0.0728. The summed E-state index contributed by atoms with van der Waals surface area (Å²) in [4.78, 5) is 34.0. The number of unbranched alkanes of at least 4 members (excludes halogenated alkanes) is 20. The van der Waals surface area contributed by atoms with Crippen LogP contribution in [0, 0.1) is 0 Å². The van der Waals surface area contributed by atoms with Gasteiger partial charge < -0.3 is 20.1 Å². The second-order valence-corrected chi connectivity index (χ2v) is 17.5. The van der Waals surface area contributed by atoms with Crippen molar-refractivity contribution in [3.63, 3.8) is 0 Å². The highest BCUT2D eigenvalue weighted by atomic mass is 31.2. The van der Waals surface area contributed by atoms with E-state index < -0.39 is 26.5 Å². The first-order valence-electron chi connectivity index (χ1n) is 24.4. The zero-order valence-corrected chi connectivity index (χ0v) is 39.7. The van der Waals surface area contributed by atoms with E-state index in [2.05, 4.69) is 92.1 Å². The molecule has 0 aliphatic carbocycles. The van der Waals surface area contributed by atoms with Crippen LogP contribution in [-0.2, 0) is 27.9 Å². The molecule has 0 aromatic carbocycles. The maximum atomic E-state index is 12.1. The molecule has 1 amide bonds. The number of allylic oxidation sites excluding steroid dienone is 12. The molecule has 0 spiro atoms. The van der Waals surface area contributed by atoms with E-state index in [9.17, 15) is 24.2 Å². The molecular weight excluding hydrogens is 786 g/mol. The van der Waals surface area contributed by atoms with Crippen LogP contribution < -0.4 is 5.32 Å². The number of hydrogen-bond acceptors (Lipinski definition) is 7. The molecule has 0 aliphatic heterocycles. The third-order valence-corrected chi connectivity index (χ3v) is 11.1. The van der Waals surface area contributed by atoms with Crippen molar-refractivity contribution in [1.29, 1.82) is 0 Å². The Bertz CT molecular complexity index is 1230. The van der Waals surface area contributed by atoms with Crippen LogP contribution in [-0.4, -0.2) is 54.3 Å². The maximum absolute atomic E-state index is 12.1. The highest BCUT2D eigenvalue weighted by Crippen LogP contribution is 2.42. The highest BCUT2D eigenvalue weighted by molar-refractivity contribution is 7.47. The van der Waals surface area contributed by atoms with E-state index in [1.807, 2.05) is 0 Å². The molecule has 0 saturated heterocycles. The molecular formula is C51H90NO8P. The number of ether oxygens (including phenoxy) is 1. The number of aliphatic hydroxyl groups excluding tert-OH is 1. The van der Waals surface area contributed by atoms with Gasteiger partial charge in [-0.1, -0.05) is 177 Å². The minimum atomic E-state index is -4.43. The monoisotopic (exact) mass is 876 g/mol. The Morgan fingerprint density at radius 1 is 0.508 bits per heavy atom. The lowest BCUT2D eigenvalue weighted by molar-refractivity contribution is -0.147. The fourth-order valence-corrected chi connectivity index (χ4v) is 7.15. The first-order valence-corrected chi connectivity index (χ1v) is 25.9. The summed E-state index contributed by atoms with van der Waals surface area (Å²) in [5.41, 5.74) is 0. The van der Waals surface area contributed by atoms with Crippen molar-refractivity contribution >= 4 is 19.7 Å². The quantitative estimate of drug-likeness (QED) is 0.0239. The summed E-state index contributed by atoms with van der Waals surface area (Å²) in [6.07, 6.45) is 58.3. The zero-order valence-electron chi connectivity index (χ0n) is 38.8. The van der Waals surface area contributed by atoms with Crippen LogP contribution in [0.3, 0.4) is 0 Å². The molecule has 0 heterocycles. The van der Waals surface area contributed by atoms with Gasteiger partial charge in [-0.05, 0) is 89.9 Å². The number of amides is 1. The van der Waals surface area contributed by atoms with E-state index >= 15 is 0 Å². The SMILES string of the molecule is CCCCC/C=C\C/C=C\C/C=C\C/C=C\CCCCCCCCCC(=O)OCC(O)COP(=O)(O)OCCNC(=O)CCCCCCCCC/C=C\C/C=C\CCCCC. The molecule has 0 rings (SSSR count). The van der Waals surface area contributed by atoms with Gasteiger partial charge in [0.05, 0.1) is 13.2 Å². The van der Waals surface area contributed by atoms with Gasteiger partial charge in [0.1, 0.15) is 12.7 Å². The summed E-state index contributed by atoms with van der Waals surface area (Å²) in [6, 6.07) is 0. The molecule has 0 fully saturated rings. The van der Waals surface area contributed by atoms with E-state index in [0.717, 1.165) is 83.5 Å². The second-order valence-electron chi connectivity index (χ2n) is 16.1. The Balaban J connectivity index is 3.63. The normalized spacial score (nSPS) is 13.8. The maximum Gasteiger partial charge on any atom is 0.472 e. The van der Waals surface area contributed by atoms with Crippen molar-refractivity contribution in [1.82, 2.24) is 5.32 Å². The van der Waals surface area contributed by atoms with Crippen LogP contribution in [0.15, 0.2) is 72.9 Å². The van der Waals surface area contributed by atoms with Crippen LogP contribution in [0.25, 0.3) is 0 Å². The molecule has 0 aromatic rings. The average Bonchev–Trinajstić information content (AvgIpc) is 3.25. The minimum Gasteiger partial charge on any atom is -0.463 e. The van der Waals surface area contributed by atoms with Crippen molar-refractivity contribution in [2.45, 2.75) is 213 Å². The summed E-state index contributed by atoms with van der Waals surface area (Å²) >= 11 is 0. The highest BCUT2D eigenvalue weighted by Gasteiger charge is 2.23. The summed E-state index contributed by atoms with van der Waals surface area (Å²) < 4.78 is 26.9. The zero-order chi connectivity index (χ0) is 44.6. The van der Waals surface area contributed by atoms with E-state index in [-0.39, 0.29) is 32.1 Å². The molecule has 2 atom stereocenters. The van der Waals surface area contributed by atoms with E-state index in [4.69, 9.17) is 13.8 Å². The summed E-state index contributed by atoms with van der Waals surface area (Å²) in [5.74, 6) is -0.537. The van der Waals surface area contributed by atoms with Crippen LogP contribution in [0.4, 0.5) is 0 Å². The topological polar surface area (TPSA) is 131 Å². The fraction of sp³-hybridized carbons (Fsp3) is 0.725. The van der Waals surface area contributed by atoms with Crippen molar-refractivity contribution in [2.75, 3.05) is 26.4 Å². The van der Waals surface area contributed by atoms with Crippen LogP contribution in [0.2, 0.25) is 0 Å². The molecule has 0 bridgehead atoms. The van der Waals surface area contributed by atoms with Gasteiger partial charge in [-0.3, -0.25) is 18.6 Å². The number of phosphoric acid groups is 1. The van der Waals surface area contributed by atoms with Gasteiger partial charge in [0.2, 0.25) is 5.91 Å². The Morgan fingerprint density at radius 3 is 1.33 bits per heavy atom. The fourth-order valence-electron chi connectivity index (χ4n) is 6.39. The number of rotatable bonds is 45. The van der Waals surface area contributed by atoms with Crippen LogP contribution in [0.1, 0.15) is 206 Å². The Hall–Kier alpha value is -2.55. The average molecular weight is 876 g/mol. The van der Waals surface area contributed by atoms with E-state index in [1.54, 1.807) is 0 Å². The third-order valence-electron chi connectivity index (χ3n) is 10.1. The molecule has 10 heteroatoms. The van der Waals surface area contributed by atoms with Gasteiger partial charge in [-0.2, -0.15) is 0 Å². The predicted octanol–water partition coefficient (Wildman–Crippen LogP) is 14.2. The lowest BCUT2D eigenvalue weighted by Gasteiger charge is -2.15.